The van der Waals surface area contributed by atoms with Gasteiger partial charge in [0.1, 0.15) is 6.04 Å². The number of urea groups is 1. The number of halogens is 1. The zero-order chi connectivity index (χ0) is 19.9. The van der Waals surface area contributed by atoms with Crippen LogP contribution in [0.15, 0.2) is 35.1 Å². The third kappa shape index (κ3) is 4.92. The van der Waals surface area contributed by atoms with E-state index in [0.717, 1.165) is 47.1 Å². The van der Waals surface area contributed by atoms with Crippen molar-refractivity contribution < 1.29 is 14.3 Å². The highest BCUT2D eigenvalue weighted by Gasteiger charge is 2.33. The molecule has 0 spiro atoms. The van der Waals surface area contributed by atoms with Crippen LogP contribution < -0.4 is 5.32 Å². The predicted octanol–water partition coefficient (Wildman–Crippen LogP) is 3.56. The van der Waals surface area contributed by atoms with Gasteiger partial charge in [0.25, 0.3) is 0 Å². The number of hydrogen-bond donors (Lipinski definition) is 2. The molecule has 0 bridgehead atoms. The molecule has 7 nitrogen and oxygen atoms in total. The molecule has 1 aromatic heterocycles. The maximum atomic E-state index is 12.9. The van der Waals surface area contributed by atoms with Gasteiger partial charge in [-0.05, 0) is 30.5 Å². The van der Waals surface area contributed by atoms with Gasteiger partial charge in [0.15, 0.2) is 0 Å². The standard InChI is InChI=1S/C20H25BrN4O3/c1-28-17(26)5-3-2-4-11-22-20(27)25-12-10-16-18(24-13-23-16)19(25)14-6-8-15(21)9-7-14/h6-9,13,19H,2-5,10-12H2,1H3,(H,22,27)(H,23,24)/t19-/m1/s1. The Hall–Kier alpha value is -2.35. The number of fused-ring (bicyclic) bond motifs is 1. The van der Waals surface area contributed by atoms with Crippen LogP contribution in [0.25, 0.3) is 0 Å². The summed E-state index contributed by atoms with van der Waals surface area (Å²) in [5.74, 6) is -0.190. The number of carbonyl (C=O) groups is 2. The molecular formula is C20H25BrN4O3. The summed E-state index contributed by atoms with van der Waals surface area (Å²) in [5, 5.41) is 3.01. The van der Waals surface area contributed by atoms with Crippen LogP contribution in [0, 0.1) is 0 Å². The molecule has 2 aromatic rings. The molecule has 1 aliphatic heterocycles. The van der Waals surface area contributed by atoms with Gasteiger partial charge >= 0.3 is 12.0 Å². The Bertz CT molecular complexity index is 806. The number of aromatic nitrogens is 2. The number of hydrogen-bond acceptors (Lipinski definition) is 4. The van der Waals surface area contributed by atoms with Gasteiger partial charge in [-0.15, -0.1) is 0 Å². The number of nitrogens with zero attached hydrogens (tertiary/aromatic N) is 2. The summed E-state index contributed by atoms with van der Waals surface area (Å²) in [6, 6.07) is 7.70. The maximum Gasteiger partial charge on any atom is 0.318 e. The number of nitrogens with one attached hydrogen (secondary N) is 2. The third-order valence-corrected chi connectivity index (χ3v) is 5.46. The van der Waals surface area contributed by atoms with Gasteiger partial charge in [-0.25, -0.2) is 9.78 Å². The van der Waals surface area contributed by atoms with Crippen LogP contribution in [-0.2, 0) is 16.0 Å². The van der Waals surface area contributed by atoms with E-state index in [1.807, 2.05) is 29.2 Å². The number of aromatic amines is 1. The molecule has 150 valence electrons. The molecule has 1 aromatic carbocycles. The van der Waals surface area contributed by atoms with Crippen LogP contribution in [0.3, 0.4) is 0 Å². The number of imidazole rings is 1. The second-order valence-corrected chi connectivity index (χ2v) is 7.70. The minimum absolute atomic E-state index is 0.0884. The van der Waals surface area contributed by atoms with Crippen molar-refractivity contribution in [2.75, 3.05) is 20.2 Å². The Balaban J connectivity index is 1.60. The third-order valence-electron chi connectivity index (χ3n) is 4.93. The molecular weight excluding hydrogens is 424 g/mol. The van der Waals surface area contributed by atoms with Crippen LogP contribution in [0.4, 0.5) is 4.79 Å². The van der Waals surface area contributed by atoms with Crippen LogP contribution in [0.5, 0.6) is 0 Å². The van der Waals surface area contributed by atoms with Gasteiger partial charge in [0, 0.05) is 36.1 Å². The monoisotopic (exact) mass is 448 g/mol. The lowest BCUT2D eigenvalue weighted by atomic mass is 9.96. The van der Waals surface area contributed by atoms with Crippen molar-refractivity contribution >= 4 is 27.9 Å². The Morgan fingerprint density at radius 3 is 2.82 bits per heavy atom. The number of unbranched alkanes of at least 4 members (excludes halogenated alkanes) is 2. The highest BCUT2D eigenvalue weighted by Crippen LogP contribution is 2.33. The molecule has 0 fully saturated rings. The zero-order valence-electron chi connectivity index (χ0n) is 15.9. The fourth-order valence-corrected chi connectivity index (χ4v) is 3.71. The molecule has 1 aliphatic rings. The average molecular weight is 449 g/mol. The molecule has 8 heteroatoms. The van der Waals surface area contributed by atoms with Crippen molar-refractivity contribution in [1.29, 1.82) is 0 Å². The SMILES string of the molecule is COC(=O)CCCCCNC(=O)N1CCc2[nH]cnc2[C@H]1c1ccc(Br)cc1. The van der Waals surface area contributed by atoms with E-state index in [4.69, 9.17) is 0 Å². The first kappa shape index (κ1) is 20.4. The van der Waals surface area contributed by atoms with E-state index in [1.165, 1.54) is 7.11 Å². The van der Waals surface area contributed by atoms with Gasteiger partial charge in [-0.2, -0.15) is 0 Å². The van der Waals surface area contributed by atoms with Crippen LogP contribution in [0.1, 0.15) is 48.7 Å². The topological polar surface area (TPSA) is 87.3 Å². The van der Waals surface area contributed by atoms with Crippen molar-refractivity contribution in [2.45, 2.75) is 38.1 Å². The lowest BCUT2D eigenvalue weighted by Crippen LogP contribution is -2.46. The first-order chi connectivity index (χ1) is 13.6. The normalized spacial score (nSPS) is 15.8. The summed E-state index contributed by atoms with van der Waals surface area (Å²) < 4.78 is 5.63. The van der Waals surface area contributed by atoms with Gasteiger partial charge in [-0.1, -0.05) is 34.5 Å². The van der Waals surface area contributed by atoms with Crippen molar-refractivity contribution in [3.63, 3.8) is 0 Å². The van der Waals surface area contributed by atoms with E-state index >= 15 is 0 Å². The minimum atomic E-state index is -0.206. The van der Waals surface area contributed by atoms with Crippen molar-refractivity contribution in [3.05, 3.63) is 52.0 Å². The van der Waals surface area contributed by atoms with E-state index in [9.17, 15) is 9.59 Å². The highest BCUT2D eigenvalue weighted by atomic mass is 79.9. The van der Waals surface area contributed by atoms with E-state index in [2.05, 4.69) is 36.0 Å². The smallest absolute Gasteiger partial charge is 0.318 e. The molecule has 3 rings (SSSR count). The molecule has 28 heavy (non-hydrogen) atoms. The highest BCUT2D eigenvalue weighted by molar-refractivity contribution is 9.10. The number of rotatable bonds is 7. The van der Waals surface area contributed by atoms with Crippen LogP contribution in [-0.4, -0.2) is 47.1 Å². The average Bonchev–Trinajstić information content (AvgIpc) is 3.19. The zero-order valence-corrected chi connectivity index (χ0v) is 17.5. The Morgan fingerprint density at radius 2 is 2.07 bits per heavy atom. The molecule has 0 unspecified atom stereocenters. The summed E-state index contributed by atoms with van der Waals surface area (Å²) in [7, 11) is 1.40. The van der Waals surface area contributed by atoms with Gasteiger partial charge in [-0.3, -0.25) is 4.79 Å². The molecule has 1 atom stereocenters. The lowest BCUT2D eigenvalue weighted by molar-refractivity contribution is -0.140. The quantitative estimate of drug-likeness (QED) is 0.500. The number of methoxy groups -OCH3 is 1. The first-order valence-electron chi connectivity index (χ1n) is 9.49. The van der Waals surface area contributed by atoms with Crippen LogP contribution >= 0.6 is 15.9 Å². The molecule has 2 amide bonds. The van der Waals surface area contributed by atoms with Crippen molar-refractivity contribution in [2.24, 2.45) is 0 Å². The van der Waals surface area contributed by atoms with Gasteiger partial charge < -0.3 is 19.9 Å². The summed E-state index contributed by atoms with van der Waals surface area (Å²) in [4.78, 5) is 33.5. The fourth-order valence-electron chi connectivity index (χ4n) is 3.45. The largest absolute Gasteiger partial charge is 0.469 e. The van der Waals surface area contributed by atoms with Gasteiger partial charge in [0.05, 0.1) is 19.1 Å². The lowest BCUT2D eigenvalue weighted by Gasteiger charge is -2.35. The summed E-state index contributed by atoms with van der Waals surface area (Å²) in [5.41, 5.74) is 3.02. The summed E-state index contributed by atoms with van der Waals surface area (Å²) in [6.45, 7) is 1.21. The molecule has 0 saturated carbocycles. The van der Waals surface area contributed by atoms with Crippen LogP contribution in [0.2, 0.25) is 0 Å². The Kier molecular flexibility index (Phi) is 7.08. The number of amides is 2. The Morgan fingerprint density at radius 1 is 1.29 bits per heavy atom. The molecule has 0 saturated heterocycles. The maximum absolute atomic E-state index is 12.9. The molecule has 0 radical (unpaired) electrons. The molecule has 2 N–H and O–H groups in total. The summed E-state index contributed by atoms with van der Waals surface area (Å²) in [6.07, 6.45) is 5.34. The van der Waals surface area contributed by atoms with Crippen molar-refractivity contribution in [1.82, 2.24) is 20.2 Å². The Labute approximate surface area is 173 Å². The minimum Gasteiger partial charge on any atom is -0.469 e. The first-order valence-corrected chi connectivity index (χ1v) is 10.3. The molecule has 0 aliphatic carbocycles. The summed E-state index contributed by atoms with van der Waals surface area (Å²) >= 11 is 3.46. The molecule has 2 heterocycles. The number of H-pyrrole nitrogens is 1. The van der Waals surface area contributed by atoms with E-state index in [1.54, 1.807) is 6.33 Å². The number of carbonyl (C=O) groups excluding carboxylic acids is 2. The van der Waals surface area contributed by atoms with Crippen molar-refractivity contribution in [3.8, 4) is 0 Å². The second kappa shape index (κ2) is 9.73. The number of ether oxygens (including phenoxy) is 1. The van der Waals surface area contributed by atoms with E-state index in [0.29, 0.717) is 19.5 Å². The van der Waals surface area contributed by atoms with E-state index < -0.39 is 0 Å². The number of esters is 1. The fraction of sp³-hybridized carbons (Fsp3) is 0.450. The second-order valence-electron chi connectivity index (χ2n) is 6.78. The predicted molar refractivity (Wildman–Crippen MR) is 109 cm³/mol. The van der Waals surface area contributed by atoms with Gasteiger partial charge in [0.2, 0.25) is 0 Å². The number of benzene rings is 1. The van der Waals surface area contributed by atoms with E-state index in [-0.39, 0.29) is 18.0 Å².